The second-order valence-electron chi connectivity index (χ2n) is 3.46. The Morgan fingerprint density at radius 2 is 2.25 bits per heavy atom. The van der Waals surface area contributed by atoms with Crippen molar-refractivity contribution in [3.63, 3.8) is 0 Å². The van der Waals surface area contributed by atoms with E-state index in [4.69, 9.17) is 0 Å². The van der Waals surface area contributed by atoms with E-state index in [0.29, 0.717) is 5.84 Å². The number of nitrogens with zero attached hydrogens (tertiary/aromatic N) is 3. The van der Waals surface area contributed by atoms with Gasteiger partial charge in [-0.3, -0.25) is 10.0 Å². The van der Waals surface area contributed by atoms with Crippen molar-refractivity contribution >= 4 is 24.0 Å². The third-order valence-electron chi connectivity index (χ3n) is 2.57. The van der Waals surface area contributed by atoms with Crippen LogP contribution in [0.1, 0.15) is 11.6 Å². The third-order valence-corrected chi connectivity index (χ3v) is 2.57. The molecule has 2 aliphatic rings. The zero-order valence-corrected chi connectivity index (χ0v) is 8.29. The van der Waals surface area contributed by atoms with Gasteiger partial charge in [-0.1, -0.05) is 18.2 Å². The molecule has 0 bridgehead atoms. The summed E-state index contributed by atoms with van der Waals surface area (Å²) in [5.41, 5.74) is 7.05. The van der Waals surface area contributed by atoms with Gasteiger partial charge in [-0.05, 0) is 6.07 Å². The van der Waals surface area contributed by atoms with Crippen LogP contribution in [0.25, 0.3) is 0 Å². The van der Waals surface area contributed by atoms with Crippen LogP contribution in [-0.2, 0) is 4.79 Å². The van der Waals surface area contributed by atoms with Gasteiger partial charge in [0.15, 0.2) is 5.84 Å². The van der Waals surface area contributed by atoms with Gasteiger partial charge in [-0.2, -0.15) is 0 Å². The highest BCUT2D eigenvalue weighted by Gasteiger charge is 2.29. The minimum atomic E-state index is -0.424. The molecule has 16 heavy (non-hydrogen) atoms. The van der Waals surface area contributed by atoms with Crippen molar-refractivity contribution in [2.45, 2.75) is 6.04 Å². The fourth-order valence-electron chi connectivity index (χ4n) is 1.81. The van der Waals surface area contributed by atoms with E-state index in [1.165, 1.54) is 0 Å². The maximum atomic E-state index is 11.2. The van der Waals surface area contributed by atoms with E-state index in [1.807, 2.05) is 24.3 Å². The van der Waals surface area contributed by atoms with E-state index in [2.05, 4.69) is 21.2 Å². The first-order valence-electron chi connectivity index (χ1n) is 4.86. The number of fused-ring (bicyclic) bond motifs is 2. The zero-order chi connectivity index (χ0) is 11.0. The van der Waals surface area contributed by atoms with E-state index in [-0.39, 0.29) is 0 Å². The van der Waals surface area contributed by atoms with Crippen LogP contribution in [0, 0.1) is 0 Å². The Labute approximate surface area is 91.6 Å². The molecule has 0 saturated carbocycles. The quantitative estimate of drug-likeness (QED) is 0.660. The van der Waals surface area contributed by atoms with Gasteiger partial charge in [0.25, 0.3) is 0 Å². The number of nitrogens with one attached hydrogen (secondary N) is 2. The maximum Gasteiger partial charge on any atom is 0.185 e. The van der Waals surface area contributed by atoms with Gasteiger partial charge >= 0.3 is 0 Å². The molecule has 0 aromatic heterocycles. The van der Waals surface area contributed by atoms with Crippen LogP contribution in [0.3, 0.4) is 0 Å². The van der Waals surface area contributed by atoms with Crippen LogP contribution in [0.4, 0.5) is 5.69 Å². The molecule has 6 heteroatoms. The monoisotopic (exact) mass is 215 g/mol. The van der Waals surface area contributed by atoms with Gasteiger partial charge < -0.3 is 4.79 Å². The number of hydrogen-bond acceptors (Lipinski definition) is 6. The van der Waals surface area contributed by atoms with Gasteiger partial charge in [0.1, 0.15) is 12.3 Å². The number of para-hydroxylation sites is 1. The number of rotatable bonds is 1. The molecule has 6 nitrogen and oxygen atoms in total. The fourth-order valence-corrected chi connectivity index (χ4v) is 1.81. The fraction of sp³-hybridized carbons (Fsp3) is 0.100. The minimum Gasteiger partial charge on any atom is -0.301 e. The second-order valence-corrected chi connectivity index (χ2v) is 3.46. The summed E-state index contributed by atoms with van der Waals surface area (Å²) >= 11 is 0. The van der Waals surface area contributed by atoms with E-state index < -0.39 is 6.04 Å². The molecule has 3 rings (SSSR count). The molecule has 80 valence electrons. The van der Waals surface area contributed by atoms with E-state index in [1.54, 1.807) is 11.2 Å². The summed E-state index contributed by atoms with van der Waals surface area (Å²) in [5, 5.41) is 5.61. The Bertz CT molecular complexity index is 496. The lowest BCUT2D eigenvalue weighted by atomic mass is 10.1. The van der Waals surface area contributed by atoms with Gasteiger partial charge in [-0.25, -0.2) is 5.53 Å². The predicted molar refractivity (Wildman–Crippen MR) is 58.9 cm³/mol. The number of hydrazone groups is 1. The number of carbonyl (C=O) groups is 1. The topological polar surface area (TPSA) is 69.1 Å². The van der Waals surface area contributed by atoms with E-state index in [0.717, 1.165) is 17.5 Å². The molecule has 1 atom stereocenters. The molecule has 0 aliphatic carbocycles. The molecule has 1 unspecified atom stereocenters. The summed E-state index contributed by atoms with van der Waals surface area (Å²) < 4.78 is 0. The Balaban J connectivity index is 2.16. The Morgan fingerprint density at radius 1 is 1.38 bits per heavy atom. The summed E-state index contributed by atoms with van der Waals surface area (Å²) in [5.74, 6) is 0.591. The van der Waals surface area contributed by atoms with Gasteiger partial charge in [0.2, 0.25) is 0 Å². The van der Waals surface area contributed by atoms with Crippen LogP contribution in [0.15, 0.2) is 34.4 Å². The zero-order valence-electron chi connectivity index (χ0n) is 8.29. The van der Waals surface area contributed by atoms with Crippen molar-refractivity contribution in [3.8, 4) is 0 Å². The molecule has 1 aromatic carbocycles. The number of aliphatic imine (C=N–C) groups is 1. The average molecular weight is 215 g/mol. The largest absolute Gasteiger partial charge is 0.301 e. The van der Waals surface area contributed by atoms with Crippen LogP contribution >= 0.6 is 0 Å². The number of carbonyl (C=O) groups excluding carboxylic acids is 1. The van der Waals surface area contributed by atoms with Crippen molar-refractivity contribution in [3.05, 3.63) is 29.8 Å². The number of benzene rings is 1. The van der Waals surface area contributed by atoms with Gasteiger partial charge in [0, 0.05) is 5.56 Å². The summed E-state index contributed by atoms with van der Waals surface area (Å²) in [6.07, 6.45) is 2.48. The van der Waals surface area contributed by atoms with Crippen molar-refractivity contribution in [1.29, 1.82) is 0 Å². The first-order chi connectivity index (χ1) is 7.90. The Morgan fingerprint density at radius 3 is 3.12 bits per heavy atom. The molecule has 2 heterocycles. The highest BCUT2D eigenvalue weighted by Crippen LogP contribution is 2.30. The van der Waals surface area contributed by atoms with E-state index >= 15 is 0 Å². The SMILES string of the molecule is O=CC1c2ccccc2N=CC2=NNNN21. The maximum absolute atomic E-state index is 11.2. The van der Waals surface area contributed by atoms with Gasteiger partial charge in [-0.15, -0.1) is 10.6 Å². The van der Waals surface area contributed by atoms with Crippen LogP contribution < -0.4 is 11.1 Å². The molecule has 0 fully saturated rings. The average Bonchev–Trinajstić information content (AvgIpc) is 2.72. The Kier molecular flexibility index (Phi) is 1.94. The number of hydrogen-bond donors (Lipinski definition) is 2. The van der Waals surface area contributed by atoms with Crippen LogP contribution in [0.2, 0.25) is 0 Å². The molecule has 0 saturated heterocycles. The van der Waals surface area contributed by atoms with Crippen LogP contribution in [0.5, 0.6) is 0 Å². The molecular weight excluding hydrogens is 206 g/mol. The van der Waals surface area contributed by atoms with Crippen molar-refractivity contribution in [2.24, 2.45) is 10.1 Å². The number of hydrazine groups is 2. The molecule has 2 aliphatic heterocycles. The lowest BCUT2D eigenvalue weighted by Gasteiger charge is -2.22. The summed E-state index contributed by atoms with van der Waals surface area (Å²) in [7, 11) is 0. The van der Waals surface area contributed by atoms with Gasteiger partial charge in [0.05, 0.1) is 11.9 Å². The number of aldehydes is 1. The minimum absolute atomic E-state index is 0.424. The highest BCUT2D eigenvalue weighted by atomic mass is 16.1. The number of amidine groups is 1. The second kappa shape index (κ2) is 3.42. The molecular formula is C10H9N5O. The Hall–Kier alpha value is -2.21. The highest BCUT2D eigenvalue weighted by molar-refractivity contribution is 6.30. The lowest BCUT2D eigenvalue weighted by molar-refractivity contribution is -0.112. The van der Waals surface area contributed by atoms with Crippen molar-refractivity contribution in [2.75, 3.05) is 0 Å². The summed E-state index contributed by atoms with van der Waals surface area (Å²) in [4.78, 5) is 15.5. The smallest absolute Gasteiger partial charge is 0.185 e. The lowest BCUT2D eigenvalue weighted by Crippen LogP contribution is -2.44. The van der Waals surface area contributed by atoms with Crippen LogP contribution in [-0.4, -0.2) is 23.3 Å². The van der Waals surface area contributed by atoms with Crippen molar-refractivity contribution < 1.29 is 4.79 Å². The first kappa shape index (κ1) is 9.05. The molecule has 0 amide bonds. The summed E-state index contributed by atoms with van der Waals surface area (Å²) in [6.45, 7) is 0. The third kappa shape index (κ3) is 1.20. The molecule has 0 radical (unpaired) electrons. The summed E-state index contributed by atoms with van der Waals surface area (Å²) in [6, 6.07) is 7.11. The molecule has 1 aromatic rings. The molecule has 0 spiro atoms. The van der Waals surface area contributed by atoms with E-state index in [9.17, 15) is 4.79 Å². The predicted octanol–water partition coefficient (Wildman–Crippen LogP) is 0.281. The normalized spacial score (nSPS) is 21.6. The van der Waals surface area contributed by atoms with Crippen molar-refractivity contribution in [1.82, 2.24) is 16.1 Å². The molecule has 2 N–H and O–H groups in total. The first-order valence-corrected chi connectivity index (χ1v) is 4.86. The standard InChI is InChI=1S/C10H9N5O/c16-6-9-7-3-1-2-4-8(7)11-5-10-12-13-14-15(9)10/h1-6,9,13-14H.